The predicted octanol–water partition coefficient (Wildman–Crippen LogP) is 2.39. The van der Waals surface area contributed by atoms with Crippen molar-refractivity contribution in [1.29, 1.82) is 0 Å². The quantitative estimate of drug-likeness (QED) is 0.588. The maximum Gasteiger partial charge on any atom is 0.107 e. The van der Waals surface area contributed by atoms with E-state index in [1.165, 1.54) is 5.57 Å². The second kappa shape index (κ2) is 5.23. The van der Waals surface area contributed by atoms with Gasteiger partial charge in [0.25, 0.3) is 0 Å². The highest BCUT2D eigenvalue weighted by Gasteiger charge is 2.47. The number of ether oxygens (including phenoxy) is 2. The first kappa shape index (κ1) is 12.7. The molecule has 0 spiro atoms. The molecule has 0 amide bonds. The Kier molecular flexibility index (Phi) is 3.89. The molecule has 2 fully saturated rings. The summed E-state index contributed by atoms with van der Waals surface area (Å²) in [6, 6.07) is 0.538. The first-order valence-electron chi connectivity index (χ1n) is 6.61. The molecule has 0 aliphatic carbocycles. The Morgan fingerprint density at radius 1 is 1.53 bits per heavy atom. The summed E-state index contributed by atoms with van der Waals surface area (Å²) in [5.41, 5.74) is 1.16. The Morgan fingerprint density at radius 3 is 2.76 bits per heavy atom. The first-order chi connectivity index (χ1) is 8.24. The van der Waals surface area contributed by atoms with Crippen molar-refractivity contribution in [2.45, 2.75) is 45.3 Å². The number of allylic oxidation sites excluding steroid dienone is 2. The molecule has 2 rings (SSSR count). The number of fused-ring (bicyclic) bond motifs is 2. The van der Waals surface area contributed by atoms with Crippen LogP contribution in [0.4, 0.5) is 0 Å². The average Bonchev–Trinajstić information content (AvgIpc) is 2.95. The van der Waals surface area contributed by atoms with Crippen LogP contribution in [0, 0.1) is 0 Å². The summed E-state index contributed by atoms with van der Waals surface area (Å²) in [6.07, 6.45) is 6.34. The van der Waals surface area contributed by atoms with Gasteiger partial charge in [-0.2, -0.15) is 0 Å². The van der Waals surface area contributed by atoms with Crippen molar-refractivity contribution in [3.63, 3.8) is 0 Å². The van der Waals surface area contributed by atoms with E-state index in [-0.39, 0.29) is 5.60 Å². The van der Waals surface area contributed by atoms with Crippen LogP contribution in [0.25, 0.3) is 0 Å². The van der Waals surface area contributed by atoms with Gasteiger partial charge in [-0.15, -0.1) is 0 Å². The van der Waals surface area contributed by atoms with Crippen LogP contribution in [0.15, 0.2) is 23.5 Å². The van der Waals surface area contributed by atoms with Crippen molar-refractivity contribution in [3.05, 3.63) is 23.5 Å². The second-order valence-corrected chi connectivity index (χ2v) is 4.73. The maximum absolute atomic E-state index is 5.99. The van der Waals surface area contributed by atoms with Gasteiger partial charge in [-0.05, 0) is 31.9 Å². The zero-order chi connectivity index (χ0) is 12.3. The monoisotopic (exact) mass is 237 g/mol. The molecule has 1 N–H and O–H groups in total. The van der Waals surface area contributed by atoms with Gasteiger partial charge in [-0.1, -0.05) is 13.0 Å². The number of rotatable bonds is 5. The summed E-state index contributed by atoms with van der Waals surface area (Å²) in [5, 5.41) is 3.50. The fourth-order valence-corrected chi connectivity index (χ4v) is 2.73. The van der Waals surface area contributed by atoms with Crippen LogP contribution in [0.5, 0.6) is 0 Å². The first-order valence-corrected chi connectivity index (χ1v) is 6.61. The highest BCUT2D eigenvalue weighted by atomic mass is 16.5. The highest BCUT2D eigenvalue weighted by molar-refractivity contribution is 5.34. The Labute approximate surface area is 104 Å². The molecule has 2 unspecified atom stereocenters. The van der Waals surface area contributed by atoms with Gasteiger partial charge in [0.15, 0.2) is 0 Å². The van der Waals surface area contributed by atoms with Crippen LogP contribution < -0.4 is 5.32 Å². The van der Waals surface area contributed by atoms with Crippen LogP contribution in [0.1, 0.15) is 33.6 Å². The SMILES string of the molecule is C/C=C(\C=C(/CC)OCC)C12CNC(CO1)C2. The van der Waals surface area contributed by atoms with Gasteiger partial charge in [0, 0.05) is 19.0 Å². The van der Waals surface area contributed by atoms with Crippen LogP contribution in [0.2, 0.25) is 0 Å². The van der Waals surface area contributed by atoms with E-state index in [1.54, 1.807) is 0 Å². The fourth-order valence-electron chi connectivity index (χ4n) is 2.73. The maximum atomic E-state index is 5.99. The fraction of sp³-hybridized carbons (Fsp3) is 0.714. The summed E-state index contributed by atoms with van der Waals surface area (Å²) in [7, 11) is 0. The van der Waals surface area contributed by atoms with Crippen LogP contribution in [-0.4, -0.2) is 31.4 Å². The normalized spacial score (nSPS) is 33.2. The van der Waals surface area contributed by atoms with Crippen molar-refractivity contribution in [3.8, 4) is 0 Å². The molecular weight excluding hydrogens is 214 g/mol. The van der Waals surface area contributed by atoms with Crippen molar-refractivity contribution >= 4 is 0 Å². The topological polar surface area (TPSA) is 30.5 Å². The van der Waals surface area contributed by atoms with Crippen molar-refractivity contribution in [2.24, 2.45) is 0 Å². The highest BCUT2D eigenvalue weighted by Crippen LogP contribution is 2.38. The Morgan fingerprint density at radius 2 is 2.35 bits per heavy atom. The van der Waals surface area contributed by atoms with E-state index < -0.39 is 0 Å². The third-order valence-corrected chi connectivity index (χ3v) is 3.65. The summed E-state index contributed by atoms with van der Waals surface area (Å²) < 4.78 is 11.6. The largest absolute Gasteiger partial charge is 0.498 e. The van der Waals surface area contributed by atoms with Crippen LogP contribution >= 0.6 is 0 Å². The lowest BCUT2D eigenvalue weighted by Crippen LogP contribution is -2.40. The smallest absolute Gasteiger partial charge is 0.107 e. The third kappa shape index (κ3) is 2.40. The summed E-state index contributed by atoms with van der Waals surface area (Å²) >= 11 is 0. The average molecular weight is 237 g/mol. The Balaban J connectivity index is 2.17. The molecule has 0 aromatic carbocycles. The van der Waals surface area contributed by atoms with Gasteiger partial charge in [-0.3, -0.25) is 0 Å². The van der Waals surface area contributed by atoms with Crippen LogP contribution in [-0.2, 0) is 9.47 Å². The molecule has 2 bridgehead atoms. The Bertz CT molecular complexity index is 325. The molecule has 0 aromatic heterocycles. The second-order valence-electron chi connectivity index (χ2n) is 4.73. The van der Waals surface area contributed by atoms with E-state index in [0.717, 1.165) is 38.4 Å². The zero-order valence-electron chi connectivity index (χ0n) is 11.1. The van der Waals surface area contributed by atoms with Crippen LogP contribution in [0.3, 0.4) is 0 Å². The molecule has 17 heavy (non-hydrogen) atoms. The lowest BCUT2D eigenvalue weighted by molar-refractivity contribution is 0.0245. The van der Waals surface area contributed by atoms with Gasteiger partial charge in [-0.25, -0.2) is 0 Å². The molecule has 2 aliphatic rings. The predicted molar refractivity (Wildman–Crippen MR) is 68.8 cm³/mol. The molecule has 2 saturated heterocycles. The molecule has 3 heteroatoms. The number of hydrogen-bond donors (Lipinski definition) is 1. The van der Waals surface area contributed by atoms with E-state index in [2.05, 4.69) is 31.3 Å². The number of hydrogen-bond acceptors (Lipinski definition) is 3. The van der Waals surface area contributed by atoms with Gasteiger partial charge in [0.05, 0.1) is 19.0 Å². The summed E-state index contributed by atoms with van der Waals surface area (Å²) in [5.74, 6) is 1.05. The minimum atomic E-state index is -0.100. The van der Waals surface area contributed by atoms with Gasteiger partial charge >= 0.3 is 0 Å². The van der Waals surface area contributed by atoms with Gasteiger partial charge < -0.3 is 14.8 Å². The lowest BCUT2D eigenvalue weighted by Gasteiger charge is -2.28. The third-order valence-electron chi connectivity index (χ3n) is 3.65. The molecule has 0 radical (unpaired) electrons. The minimum absolute atomic E-state index is 0.100. The molecule has 2 aliphatic heterocycles. The number of morpholine rings is 1. The standard InChI is InChI=1S/C14H23NO2/c1-4-11(7-13(5-2)16-6-3)14-8-12(9-17-14)15-10-14/h4,7,12,15H,5-6,8-10H2,1-3H3/b11-4+,13-7+. The summed E-state index contributed by atoms with van der Waals surface area (Å²) in [4.78, 5) is 0. The van der Waals surface area contributed by atoms with E-state index in [1.807, 2.05) is 6.92 Å². The van der Waals surface area contributed by atoms with Gasteiger partial charge in [0.2, 0.25) is 0 Å². The van der Waals surface area contributed by atoms with Crippen molar-refractivity contribution in [1.82, 2.24) is 5.32 Å². The van der Waals surface area contributed by atoms with E-state index in [0.29, 0.717) is 6.04 Å². The van der Waals surface area contributed by atoms with E-state index in [9.17, 15) is 0 Å². The van der Waals surface area contributed by atoms with Crippen molar-refractivity contribution < 1.29 is 9.47 Å². The zero-order valence-corrected chi connectivity index (χ0v) is 11.1. The molecule has 3 nitrogen and oxygen atoms in total. The van der Waals surface area contributed by atoms with Gasteiger partial charge in [0.1, 0.15) is 5.60 Å². The summed E-state index contributed by atoms with van der Waals surface area (Å²) in [6.45, 7) is 8.71. The molecular formula is C14H23NO2. The van der Waals surface area contributed by atoms with E-state index >= 15 is 0 Å². The molecule has 96 valence electrons. The molecule has 2 atom stereocenters. The minimum Gasteiger partial charge on any atom is -0.498 e. The van der Waals surface area contributed by atoms with E-state index in [4.69, 9.17) is 9.47 Å². The lowest BCUT2D eigenvalue weighted by atomic mass is 9.91. The Hall–Kier alpha value is -0.800. The number of nitrogens with one attached hydrogen (secondary N) is 1. The van der Waals surface area contributed by atoms with Crippen molar-refractivity contribution in [2.75, 3.05) is 19.8 Å². The molecule has 2 heterocycles. The molecule has 0 saturated carbocycles. The molecule has 0 aromatic rings.